The van der Waals surface area contributed by atoms with Gasteiger partial charge in [-0.2, -0.15) is 0 Å². The summed E-state index contributed by atoms with van der Waals surface area (Å²) >= 11 is 7.66. The number of amides is 1. The molecular weight excluding hydrogens is 356 g/mol. The molecule has 1 aromatic heterocycles. The first kappa shape index (κ1) is 17.8. The van der Waals surface area contributed by atoms with Crippen LogP contribution in [-0.4, -0.2) is 36.9 Å². The van der Waals surface area contributed by atoms with Crippen molar-refractivity contribution in [2.75, 3.05) is 20.1 Å². The van der Waals surface area contributed by atoms with Crippen LogP contribution >= 0.6 is 22.9 Å². The van der Waals surface area contributed by atoms with Crippen molar-refractivity contribution in [3.8, 4) is 0 Å². The molecule has 0 unspecified atom stereocenters. The minimum absolute atomic E-state index is 0.0892. The van der Waals surface area contributed by atoms with Crippen LogP contribution in [0.3, 0.4) is 0 Å². The molecular formula is C18H21ClN4OS. The van der Waals surface area contributed by atoms with Crippen LogP contribution in [0.5, 0.6) is 0 Å². The Morgan fingerprint density at radius 1 is 1.28 bits per heavy atom. The van der Waals surface area contributed by atoms with Crippen LogP contribution in [0.4, 0.5) is 0 Å². The Kier molecular flexibility index (Phi) is 5.94. The third-order valence-electron chi connectivity index (χ3n) is 4.16. The lowest BCUT2D eigenvalue weighted by molar-refractivity contribution is -0.130. The van der Waals surface area contributed by atoms with Crippen LogP contribution in [0.15, 0.2) is 40.7 Å². The third kappa shape index (κ3) is 4.74. The summed E-state index contributed by atoms with van der Waals surface area (Å²) in [5.74, 6) is 0.697. The van der Waals surface area contributed by atoms with E-state index in [0.29, 0.717) is 24.1 Å². The average Bonchev–Trinajstić information content (AvgIpc) is 3.10. The lowest BCUT2D eigenvalue weighted by Gasteiger charge is -2.27. The van der Waals surface area contributed by atoms with Gasteiger partial charge in [0, 0.05) is 36.6 Å². The molecule has 0 atom stereocenters. The molecule has 0 radical (unpaired) electrons. The number of carbonyl (C=O) groups is 1. The highest BCUT2D eigenvalue weighted by Crippen LogP contribution is 2.23. The summed E-state index contributed by atoms with van der Waals surface area (Å²) in [5.41, 5.74) is 2.37. The zero-order chi connectivity index (χ0) is 17.6. The minimum atomic E-state index is 0.0892. The molecule has 0 aliphatic carbocycles. The topological polar surface area (TPSA) is 56.7 Å². The molecule has 0 bridgehead atoms. The molecule has 7 heteroatoms. The quantitative estimate of drug-likeness (QED) is 0.637. The van der Waals surface area contributed by atoms with Gasteiger partial charge in [0.2, 0.25) is 5.91 Å². The third-order valence-corrected chi connectivity index (χ3v) is 5.44. The van der Waals surface area contributed by atoms with Crippen LogP contribution in [0, 0.1) is 0 Å². The number of benzene rings is 1. The molecule has 5 nitrogen and oxygen atoms in total. The van der Waals surface area contributed by atoms with Crippen LogP contribution in [0.1, 0.15) is 16.0 Å². The van der Waals surface area contributed by atoms with Gasteiger partial charge in [-0.05, 0) is 41.1 Å². The fourth-order valence-corrected chi connectivity index (χ4v) is 3.76. The van der Waals surface area contributed by atoms with E-state index in [2.05, 4.69) is 27.1 Å². The average molecular weight is 377 g/mol. The van der Waals surface area contributed by atoms with Gasteiger partial charge in [0.1, 0.15) is 0 Å². The predicted molar refractivity (Wildman–Crippen MR) is 103 cm³/mol. The minimum Gasteiger partial charge on any atom is -0.352 e. The maximum absolute atomic E-state index is 12.4. The highest BCUT2D eigenvalue weighted by Gasteiger charge is 2.21. The molecule has 2 N–H and O–H groups in total. The molecule has 1 amide bonds. The van der Waals surface area contributed by atoms with Gasteiger partial charge in [0.15, 0.2) is 5.96 Å². The molecule has 2 heterocycles. The van der Waals surface area contributed by atoms with Gasteiger partial charge in [-0.1, -0.05) is 23.7 Å². The van der Waals surface area contributed by atoms with Crippen LogP contribution in [0.2, 0.25) is 5.02 Å². The lowest BCUT2D eigenvalue weighted by atomic mass is 10.1. The first-order valence-electron chi connectivity index (χ1n) is 8.17. The number of rotatable bonds is 4. The van der Waals surface area contributed by atoms with Crippen molar-refractivity contribution in [3.63, 3.8) is 0 Å². The summed E-state index contributed by atoms with van der Waals surface area (Å²) in [6.07, 6.45) is 0.947. The van der Waals surface area contributed by atoms with Crippen molar-refractivity contribution < 1.29 is 4.79 Å². The van der Waals surface area contributed by atoms with Crippen LogP contribution < -0.4 is 10.6 Å². The molecule has 2 aromatic rings. The van der Waals surface area contributed by atoms with Gasteiger partial charge >= 0.3 is 0 Å². The number of halogens is 1. The van der Waals surface area contributed by atoms with Gasteiger partial charge in [0.25, 0.3) is 0 Å². The predicted octanol–water partition coefficient (Wildman–Crippen LogP) is 2.65. The molecule has 0 saturated heterocycles. The van der Waals surface area contributed by atoms with Crippen molar-refractivity contribution in [3.05, 3.63) is 56.7 Å². The van der Waals surface area contributed by atoms with E-state index in [1.54, 1.807) is 18.4 Å². The maximum Gasteiger partial charge on any atom is 0.242 e. The SMILES string of the molecule is CN=C(NCC(=O)N1CCc2sccc2C1)NCc1ccc(Cl)cc1. The number of hydrogen-bond acceptors (Lipinski definition) is 3. The molecule has 3 rings (SSSR count). The molecule has 1 aliphatic heterocycles. The van der Waals surface area contributed by atoms with E-state index < -0.39 is 0 Å². The number of hydrogen-bond donors (Lipinski definition) is 2. The summed E-state index contributed by atoms with van der Waals surface area (Å²) < 4.78 is 0. The summed E-state index contributed by atoms with van der Waals surface area (Å²) in [6, 6.07) is 9.74. The van der Waals surface area contributed by atoms with Gasteiger partial charge in [-0.25, -0.2) is 0 Å². The van der Waals surface area contributed by atoms with Crippen molar-refractivity contribution in [2.24, 2.45) is 4.99 Å². The second-order valence-electron chi connectivity index (χ2n) is 5.84. The second kappa shape index (κ2) is 8.36. The summed E-state index contributed by atoms with van der Waals surface area (Å²) in [6.45, 7) is 2.34. The zero-order valence-electron chi connectivity index (χ0n) is 14.1. The number of aliphatic imine (C=N–C) groups is 1. The van der Waals surface area contributed by atoms with Gasteiger partial charge in [0.05, 0.1) is 6.54 Å². The standard InChI is InChI=1S/C18H21ClN4OS/c1-20-18(21-10-13-2-4-15(19)5-3-13)22-11-17(24)23-8-6-16-14(12-23)7-9-25-16/h2-5,7,9H,6,8,10-12H2,1H3,(H2,20,21,22). The van der Waals surface area contributed by atoms with Crippen molar-refractivity contribution in [1.82, 2.24) is 15.5 Å². The number of nitrogens with zero attached hydrogens (tertiary/aromatic N) is 2. The monoisotopic (exact) mass is 376 g/mol. The summed E-state index contributed by atoms with van der Waals surface area (Å²) in [5, 5.41) is 9.10. The smallest absolute Gasteiger partial charge is 0.242 e. The van der Waals surface area contributed by atoms with Gasteiger partial charge in [-0.15, -0.1) is 11.3 Å². The Bertz CT molecular complexity index is 757. The van der Waals surface area contributed by atoms with E-state index >= 15 is 0 Å². The van der Waals surface area contributed by atoms with Crippen molar-refractivity contribution in [2.45, 2.75) is 19.5 Å². The summed E-state index contributed by atoms with van der Waals surface area (Å²) in [7, 11) is 1.69. The maximum atomic E-state index is 12.4. The zero-order valence-corrected chi connectivity index (χ0v) is 15.7. The Morgan fingerprint density at radius 3 is 2.84 bits per heavy atom. The summed E-state index contributed by atoms with van der Waals surface area (Å²) in [4.78, 5) is 19.9. The van der Waals surface area contributed by atoms with E-state index in [0.717, 1.165) is 18.5 Å². The fraction of sp³-hybridized carbons (Fsp3) is 0.333. The Morgan fingerprint density at radius 2 is 2.08 bits per heavy atom. The molecule has 0 fully saturated rings. The normalized spacial score (nSPS) is 14.2. The lowest BCUT2D eigenvalue weighted by Crippen LogP contribution is -2.45. The Labute approximate surface area is 156 Å². The van der Waals surface area contributed by atoms with Gasteiger partial charge < -0.3 is 15.5 Å². The molecule has 132 valence electrons. The fourth-order valence-electron chi connectivity index (χ4n) is 2.74. The van der Waals surface area contributed by atoms with E-state index in [-0.39, 0.29) is 12.5 Å². The Hall–Kier alpha value is -2.05. The second-order valence-corrected chi connectivity index (χ2v) is 7.28. The van der Waals surface area contributed by atoms with Crippen LogP contribution in [-0.2, 0) is 24.3 Å². The van der Waals surface area contributed by atoms with E-state index in [1.807, 2.05) is 29.2 Å². The van der Waals surface area contributed by atoms with E-state index in [1.165, 1.54) is 10.4 Å². The van der Waals surface area contributed by atoms with Crippen molar-refractivity contribution in [1.29, 1.82) is 0 Å². The first-order valence-corrected chi connectivity index (χ1v) is 9.43. The van der Waals surface area contributed by atoms with E-state index in [9.17, 15) is 4.79 Å². The Balaban J connectivity index is 1.46. The molecule has 25 heavy (non-hydrogen) atoms. The molecule has 0 saturated carbocycles. The number of nitrogens with one attached hydrogen (secondary N) is 2. The van der Waals surface area contributed by atoms with Crippen LogP contribution in [0.25, 0.3) is 0 Å². The van der Waals surface area contributed by atoms with Gasteiger partial charge in [-0.3, -0.25) is 9.79 Å². The number of thiophene rings is 1. The van der Waals surface area contributed by atoms with E-state index in [4.69, 9.17) is 11.6 Å². The number of carbonyl (C=O) groups excluding carboxylic acids is 1. The highest BCUT2D eigenvalue weighted by molar-refractivity contribution is 7.10. The largest absolute Gasteiger partial charge is 0.352 e. The first-order chi connectivity index (χ1) is 12.2. The molecule has 1 aliphatic rings. The molecule has 1 aromatic carbocycles. The van der Waals surface area contributed by atoms with Crippen molar-refractivity contribution >= 4 is 34.8 Å². The molecule has 0 spiro atoms. The number of fused-ring (bicyclic) bond motifs is 1. The highest BCUT2D eigenvalue weighted by atomic mass is 35.5. The number of guanidine groups is 1.